The predicted octanol–water partition coefficient (Wildman–Crippen LogP) is 5.14. The molecule has 174 valence electrons. The summed E-state index contributed by atoms with van der Waals surface area (Å²) in [6.45, 7) is 1.84. The monoisotopic (exact) mass is 457 g/mol. The largest absolute Gasteiger partial charge is 0.484 e. The molecule has 5 rings (SSSR count). The molecule has 6 nitrogen and oxygen atoms in total. The van der Waals surface area contributed by atoms with Crippen LogP contribution in [0, 0.1) is 6.92 Å². The average molecular weight is 458 g/mol. The van der Waals surface area contributed by atoms with Crippen molar-refractivity contribution < 1.29 is 23.9 Å². The van der Waals surface area contributed by atoms with Crippen molar-refractivity contribution in [3.63, 3.8) is 0 Å². The molecule has 0 aromatic heterocycles. The van der Waals surface area contributed by atoms with Crippen molar-refractivity contribution in [2.45, 2.75) is 51.4 Å². The molecule has 0 saturated carbocycles. The molecule has 2 aromatic rings. The molecule has 1 heterocycles. The maximum Gasteiger partial charge on any atom is 0.262 e. The number of Topliss-reactive ketones (excluding diaryl/α,β-unsaturated/α-hetero) is 2. The van der Waals surface area contributed by atoms with Crippen LogP contribution in [0.5, 0.6) is 5.75 Å². The molecule has 2 aliphatic carbocycles. The van der Waals surface area contributed by atoms with Crippen LogP contribution in [0.15, 0.2) is 71.2 Å². The fraction of sp³-hybridized carbons (Fsp3) is 0.321. The van der Waals surface area contributed by atoms with Gasteiger partial charge in [-0.1, -0.05) is 29.8 Å². The van der Waals surface area contributed by atoms with Crippen molar-refractivity contribution in [2.24, 2.45) is 0 Å². The number of amides is 1. The van der Waals surface area contributed by atoms with Gasteiger partial charge in [0.05, 0.1) is 0 Å². The quantitative estimate of drug-likeness (QED) is 0.672. The van der Waals surface area contributed by atoms with Crippen LogP contribution < -0.4 is 10.1 Å². The minimum absolute atomic E-state index is 0.0416. The number of ether oxygens (including phenoxy) is 2. The zero-order valence-corrected chi connectivity index (χ0v) is 19.2. The topological polar surface area (TPSA) is 81.7 Å². The van der Waals surface area contributed by atoms with E-state index in [2.05, 4.69) is 5.32 Å². The van der Waals surface area contributed by atoms with Crippen LogP contribution in [0.3, 0.4) is 0 Å². The van der Waals surface area contributed by atoms with Crippen LogP contribution in [-0.4, -0.2) is 24.1 Å². The summed E-state index contributed by atoms with van der Waals surface area (Å²) in [5.74, 6) is 1.31. The van der Waals surface area contributed by atoms with Gasteiger partial charge in [-0.3, -0.25) is 14.4 Å². The number of carbonyl (C=O) groups is 3. The Morgan fingerprint density at radius 1 is 0.941 bits per heavy atom. The van der Waals surface area contributed by atoms with Gasteiger partial charge in [-0.25, -0.2) is 0 Å². The van der Waals surface area contributed by atoms with Gasteiger partial charge < -0.3 is 14.8 Å². The number of benzene rings is 2. The Morgan fingerprint density at radius 2 is 1.59 bits per heavy atom. The number of hydrogen-bond acceptors (Lipinski definition) is 5. The molecule has 1 aliphatic heterocycles. The summed E-state index contributed by atoms with van der Waals surface area (Å²) in [7, 11) is 0. The highest BCUT2D eigenvalue weighted by Gasteiger charge is 2.41. The van der Waals surface area contributed by atoms with Gasteiger partial charge in [0.2, 0.25) is 0 Å². The van der Waals surface area contributed by atoms with E-state index in [1.165, 1.54) is 0 Å². The Bertz CT molecular complexity index is 1180. The Balaban J connectivity index is 1.39. The highest BCUT2D eigenvalue weighted by atomic mass is 16.5. The molecule has 0 saturated heterocycles. The third kappa shape index (κ3) is 4.40. The van der Waals surface area contributed by atoms with E-state index in [9.17, 15) is 14.4 Å². The van der Waals surface area contributed by atoms with Gasteiger partial charge in [0.15, 0.2) is 18.2 Å². The minimum atomic E-state index is -0.440. The highest BCUT2D eigenvalue weighted by Crippen LogP contribution is 2.48. The Hall–Kier alpha value is -3.67. The fourth-order valence-electron chi connectivity index (χ4n) is 4.92. The second kappa shape index (κ2) is 9.29. The summed E-state index contributed by atoms with van der Waals surface area (Å²) < 4.78 is 11.9. The van der Waals surface area contributed by atoms with Crippen molar-refractivity contribution in [3.8, 4) is 5.75 Å². The maximum absolute atomic E-state index is 12.9. The molecule has 0 radical (unpaired) electrons. The Morgan fingerprint density at radius 3 is 2.24 bits per heavy atom. The number of nitrogens with one attached hydrogen (secondary N) is 1. The number of aryl methyl sites for hydroxylation is 1. The lowest BCUT2D eigenvalue weighted by molar-refractivity contribution is -0.119. The molecule has 0 unspecified atom stereocenters. The van der Waals surface area contributed by atoms with Gasteiger partial charge in [0.25, 0.3) is 5.91 Å². The highest BCUT2D eigenvalue weighted by molar-refractivity contribution is 6.05. The third-order valence-electron chi connectivity index (χ3n) is 6.54. The lowest BCUT2D eigenvalue weighted by Gasteiger charge is -2.36. The average Bonchev–Trinajstić information content (AvgIpc) is 2.83. The second-order valence-electron chi connectivity index (χ2n) is 9.04. The summed E-state index contributed by atoms with van der Waals surface area (Å²) in [6.07, 6.45) is 3.87. The molecule has 0 spiro atoms. The smallest absolute Gasteiger partial charge is 0.262 e. The summed E-state index contributed by atoms with van der Waals surface area (Å²) in [5, 5.41) is 2.82. The Labute approximate surface area is 198 Å². The van der Waals surface area contributed by atoms with Crippen LogP contribution in [0.2, 0.25) is 0 Å². The zero-order valence-electron chi connectivity index (χ0n) is 19.2. The van der Waals surface area contributed by atoms with E-state index < -0.39 is 5.92 Å². The van der Waals surface area contributed by atoms with Crippen LogP contribution in [0.4, 0.5) is 5.69 Å². The molecule has 1 amide bonds. The normalized spacial score (nSPS) is 18.3. The molecule has 0 bridgehead atoms. The van der Waals surface area contributed by atoms with E-state index in [0.29, 0.717) is 59.8 Å². The number of rotatable bonds is 5. The molecular formula is C28H27NO5. The fourth-order valence-corrected chi connectivity index (χ4v) is 4.92. The van der Waals surface area contributed by atoms with E-state index >= 15 is 0 Å². The first-order valence-electron chi connectivity index (χ1n) is 11.8. The molecule has 2 aromatic carbocycles. The van der Waals surface area contributed by atoms with Crippen molar-refractivity contribution in [1.82, 2.24) is 0 Å². The van der Waals surface area contributed by atoms with Crippen molar-refractivity contribution in [1.29, 1.82) is 0 Å². The second-order valence-corrected chi connectivity index (χ2v) is 9.04. The van der Waals surface area contributed by atoms with E-state index in [4.69, 9.17) is 9.47 Å². The summed E-state index contributed by atoms with van der Waals surface area (Å²) in [5.41, 5.74) is 3.85. The first-order valence-corrected chi connectivity index (χ1v) is 11.8. The number of ketones is 2. The molecule has 1 N–H and O–H groups in total. The third-order valence-corrected chi connectivity index (χ3v) is 6.54. The van der Waals surface area contributed by atoms with E-state index in [-0.39, 0.29) is 24.1 Å². The van der Waals surface area contributed by atoms with Gasteiger partial charge in [0, 0.05) is 48.4 Å². The van der Waals surface area contributed by atoms with Crippen LogP contribution in [0.1, 0.15) is 55.6 Å². The van der Waals surface area contributed by atoms with Crippen LogP contribution in [0.25, 0.3) is 0 Å². The van der Waals surface area contributed by atoms with Crippen LogP contribution >= 0.6 is 0 Å². The molecule has 0 atom stereocenters. The van der Waals surface area contributed by atoms with E-state index in [1.807, 2.05) is 49.4 Å². The van der Waals surface area contributed by atoms with Gasteiger partial charge in [-0.15, -0.1) is 0 Å². The van der Waals surface area contributed by atoms with Gasteiger partial charge >= 0.3 is 0 Å². The van der Waals surface area contributed by atoms with Gasteiger partial charge in [-0.05, 0) is 49.6 Å². The van der Waals surface area contributed by atoms with Gasteiger partial charge in [-0.2, -0.15) is 0 Å². The molecule has 6 heteroatoms. The number of anilines is 1. The summed E-state index contributed by atoms with van der Waals surface area (Å²) in [4.78, 5) is 38.2. The minimum Gasteiger partial charge on any atom is -0.484 e. The number of allylic oxidation sites excluding steroid dienone is 4. The van der Waals surface area contributed by atoms with Crippen molar-refractivity contribution in [2.75, 3.05) is 11.9 Å². The lowest BCUT2D eigenvalue weighted by atomic mass is 9.73. The lowest BCUT2D eigenvalue weighted by Crippen LogP contribution is -2.30. The zero-order chi connectivity index (χ0) is 23.7. The molecule has 0 fully saturated rings. The number of hydrogen-bond donors (Lipinski definition) is 1. The summed E-state index contributed by atoms with van der Waals surface area (Å²) in [6, 6.07) is 14.9. The Kier molecular flexibility index (Phi) is 6.05. The molecule has 3 aliphatic rings. The maximum atomic E-state index is 12.9. The van der Waals surface area contributed by atoms with E-state index in [1.54, 1.807) is 6.07 Å². The summed E-state index contributed by atoms with van der Waals surface area (Å²) >= 11 is 0. The predicted molar refractivity (Wildman–Crippen MR) is 127 cm³/mol. The molecule has 34 heavy (non-hydrogen) atoms. The first kappa shape index (κ1) is 22.1. The van der Waals surface area contributed by atoms with E-state index in [0.717, 1.165) is 24.0 Å². The van der Waals surface area contributed by atoms with Crippen LogP contribution in [-0.2, 0) is 19.1 Å². The van der Waals surface area contributed by atoms with Crippen molar-refractivity contribution >= 4 is 23.2 Å². The number of carbonyl (C=O) groups excluding carboxylic acids is 3. The van der Waals surface area contributed by atoms with Gasteiger partial charge in [0.1, 0.15) is 17.3 Å². The molecular weight excluding hydrogens is 430 g/mol. The standard InChI is InChI=1S/C28H27NO5/c1-17-11-13-19(14-12-17)29-25(32)16-33-20-6-2-5-18(15-20)26-27-21(30)7-3-9-23(27)34-24-10-4-8-22(31)28(24)26/h2,5-6,11-15,26H,3-4,7-10,16H2,1H3,(H,29,32). The first-order chi connectivity index (χ1) is 16.5. The SMILES string of the molecule is Cc1ccc(NC(=O)COc2cccc(C3C4=C(CCCC4=O)OC4=C3C(=O)CCC4)c2)cc1. The van der Waals surface area contributed by atoms with Crippen molar-refractivity contribution in [3.05, 3.63) is 82.3 Å².